The molecule has 98 valence electrons. The van der Waals surface area contributed by atoms with Gasteiger partial charge in [0, 0.05) is 17.4 Å². The van der Waals surface area contributed by atoms with E-state index in [4.69, 9.17) is 0 Å². The van der Waals surface area contributed by atoms with Crippen molar-refractivity contribution < 1.29 is 4.79 Å². The van der Waals surface area contributed by atoms with Crippen LogP contribution < -0.4 is 5.32 Å². The van der Waals surface area contributed by atoms with Gasteiger partial charge in [0.15, 0.2) is 0 Å². The number of benzene rings is 1. The van der Waals surface area contributed by atoms with E-state index in [0.717, 1.165) is 12.8 Å². The minimum absolute atomic E-state index is 0.0731. The zero-order valence-corrected chi connectivity index (χ0v) is 11.8. The molecule has 1 heterocycles. The SMILES string of the molecule is CCc1ccc(C2(CC)CC(=O)NC2(C)C)cc1. The normalized spacial score (nSPS) is 26.1. The summed E-state index contributed by atoms with van der Waals surface area (Å²) in [5, 5.41) is 3.12. The number of aryl methyl sites for hydroxylation is 1. The lowest BCUT2D eigenvalue weighted by Crippen LogP contribution is -2.49. The summed E-state index contributed by atoms with van der Waals surface area (Å²) in [7, 11) is 0. The molecule has 2 nitrogen and oxygen atoms in total. The van der Waals surface area contributed by atoms with Crippen LogP contribution in [0.4, 0.5) is 0 Å². The van der Waals surface area contributed by atoms with Crippen molar-refractivity contribution in [3.63, 3.8) is 0 Å². The minimum atomic E-state index is -0.174. The summed E-state index contributed by atoms with van der Waals surface area (Å²) in [5.41, 5.74) is 2.38. The van der Waals surface area contributed by atoms with E-state index in [1.54, 1.807) is 0 Å². The number of hydrogen-bond donors (Lipinski definition) is 1. The third-order valence-electron chi connectivity index (χ3n) is 4.63. The molecule has 2 heteroatoms. The van der Waals surface area contributed by atoms with Gasteiger partial charge >= 0.3 is 0 Å². The van der Waals surface area contributed by atoms with Crippen LogP contribution in [0, 0.1) is 0 Å². The van der Waals surface area contributed by atoms with Gasteiger partial charge in [-0.3, -0.25) is 4.79 Å². The van der Waals surface area contributed by atoms with Crippen molar-refractivity contribution in [1.82, 2.24) is 5.32 Å². The molecule has 0 aromatic heterocycles. The van der Waals surface area contributed by atoms with Crippen LogP contribution in [-0.4, -0.2) is 11.4 Å². The van der Waals surface area contributed by atoms with Gasteiger partial charge in [0.25, 0.3) is 0 Å². The van der Waals surface area contributed by atoms with Crippen LogP contribution in [-0.2, 0) is 16.6 Å². The van der Waals surface area contributed by atoms with Gasteiger partial charge in [-0.05, 0) is 37.8 Å². The number of hydrogen-bond acceptors (Lipinski definition) is 1. The molecular weight excluding hydrogens is 222 g/mol. The van der Waals surface area contributed by atoms with Crippen molar-refractivity contribution in [1.29, 1.82) is 0 Å². The highest BCUT2D eigenvalue weighted by molar-refractivity contribution is 5.82. The number of carbonyl (C=O) groups is 1. The second kappa shape index (κ2) is 4.42. The van der Waals surface area contributed by atoms with E-state index in [2.05, 4.69) is 57.3 Å². The Bertz CT molecular complexity index is 447. The number of carbonyl (C=O) groups excluding carboxylic acids is 1. The first-order chi connectivity index (χ1) is 8.45. The third-order valence-corrected chi connectivity index (χ3v) is 4.63. The predicted octanol–water partition coefficient (Wildman–Crippen LogP) is 3.20. The summed E-state index contributed by atoms with van der Waals surface area (Å²) in [6.45, 7) is 8.61. The van der Waals surface area contributed by atoms with E-state index in [1.807, 2.05) is 0 Å². The molecule has 1 aliphatic heterocycles. The molecule has 1 N–H and O–H groups in total. The summed E-state index contributed by atoms with van der Waals surface area (Å²) in [6.07, 6.45) is 2.63. The predicted molar refractivity (Wildman–Crippen MR) is 74.6 cm³/mol. The van der Waals surface area contributed by atoms with E-state index in [-0.39, 0.29) is 16.9 Å². The van der Waals surface area contributed by atoms with Crippen molar-refractivity contribution in [2.45, 2.75) is 57.9 Å². The van der Waals surface area contributed by atoms with Crippen LogP contribution in [0.5, 0.6) is 0 Å². The van der Waals surface area contributed by atoms with Crippen molar-refractivity contribution in [3.05, 3.63) is 35.4 Å². The van der Waals surface area contributed by atoms with Crippen molar-refractivity contribution in [2.75, 3.05) is 0 Å². The van der Waals surface area contributed by atoms with Gasteiger partial charge in [-0.2, -0.15) is 0 Å². The molecule has 1 aliphatic rings. The Hall–Kier alpha value is -1.31. The maximum Gasteiger partial charge on any atom is 0.221 e. The van der Waals surface area contributed by atoms with Gasteiger partial charge in [-0.1, -0.05) is 38.1 Å². The standard InChI is InChI=1S/C16H23NO/c1-5-12-7-9-13(10-8-12)16(6-2)11-14(18)17-15(16,3)4/h7-10H,5-6,11H2,1-4H3,(H,17,18). The highest BCUT2D eigenvalue weighted by Gasteiger charge is 2.52. The van der Waals surface area contributed by atoms with E-state index >= 15 is 0 Å². The summed E-state index contributed by atoms with van der Waals surface area (Å²) in [6, 6.07) is 8.77. The zero-order chi connectivity index (χ0) is 13.4. The average molecular weight is 245 g/mol. The first-order valence-electron chi connectivity index (χ1n) is 6.85. The Kier molecular flexibility index (Phi) is 3.22. The summed E-state index contributed by atoms with van der Waals surface area (Å²) in [4.78, 5) is 11.8. The first kappa shape index (κ1) is 13.1. The van der Waals surface area contributed by atoms with Crippen LogP contribution in [0.2, 0.25) is 0 Å². The number of rotatable bonds is 3. The molecule has 2 rings (SSSR count). The lowest BCUT2D eigenvalue weighted by molar-refractivity contribution is -0.119. The van der Waals surface area contributed by atoms with Crippen LogP contribution in [0.1, 0.15) is 51.7 Å². The van der Waals surface area contributed by atoms with E-state index in [9.17, 15) is 4.79 Å². The molecule has 1 aromatic rings. The molecule has 0 aliphatic carbocycles. The fourth-order valence-corrected chi connectivity index (χ4v) is 3.30. The Morgan fingerprint density at radius 2 is 1.78 bits per heavy atom. The molecule has 0 bridgehead atoms. The molecule has 1 fully saturated rings. The molecule has 18 heavy (non-hydrogen) atoms. The topological polar surface area (TPSA) is 29.1 Å². The van der Waals surface area contributed by atoms with Gasteiger partial charge < -0.3 is 5.32 Å². The first-order valence-corrected chi connectivity index (χ1v) is 6.85. The molecule has 0 radical (unpaired) electrons. The number of nitrogens with one attached hydrogen (secondary N) is 1. The average Bonchev–Trinajstić information content (AvgIpc) is 2.59. The maximum atomic E-state index is 11.8. The molecule has 1 aromatic carbocycles. The highest BCUT2D eigenvalue weighted by atomic mass is 16.2. The smallest absolute Gasteiger partial charge is 0.221 e. The maximum absolute atomic E-state index is 11.8. The van der Waals surface area contributed by atoms with Gasteiger partial charge in [0.05, 0.1) is 0 Å². The van der Waals surface area contributed by atoms with E-state index in [1.165, 1.54) is 11.1 Å². The Morgan fingerprint density at radius 3 is 2.17 bits per heavy atom. The molecule has 1 saturated heterocycles. The van der Waals surface area contributed by atoms with Crippen LogP contribution in [0.25, 0.3) is 0 Å². The fraction of sp³-hybridized carbons (Fsp3) is 0.562. The monoisotopic (exact) mass is 245 g/mol. The van der Waals surface area contributed by atoms with Gasteiger partial charge in [-0.15, -0.1) is 0 Å². The molecule has 1 unspecified atom stereocenters. The molecule has 1 atom stereocenters. The quantitative estimate of drug-likeness (QED) is 0.870. The molecular formula is C16H23NO. The number of amides is 1. The van der Waals surface area contributed by atoms with Crippen LogP contribution in [0.15, 0.2) is 24.3 Å². The van der Waals surface area contributed by atoms with Gasteiger partial charge in [0.1, 0.15) is 0 Å². The van der Waals surface area contributed by atoms with Gasteiger partial charge in [0.2, 0.25) is 5.91 Å². The Balaban J connectivity index is 2.46. The molecule has 0 saturated carbocycles. The van der Waals surface area contributed by atoms with Crippen LogP contribution in [0.3, 0.4) is 0 Å². The Labute approximate surface area is 110 Å². The van der Waals surface area contributed by atoms with Gasteiger partial charge in [-0.25, -0.2) is 0 Å². The molecule has 0 spiro atoms. The fourth-order valence-electron chi connectivity index (χ4n) is 3.30. The second-order valence-corrected chi connectivity index (χ2v) is 5.84. The summed E-state index contributed by atoms with van der Waals surface area (Å²) < 4.78 is 0. The highest BCUT2D eigenvalue weighted by Crippen LogP contribution is 2.45. The van der Waals surface area contributed by atoms with Crippen molar-refractivity contribution >= 4 is 5.91 Å². The zero-order valence-electron chi connectivity index (χ0n) is 11.8. The largest absolute Gasteiger partial charge is 0.350 e. The summed E-state index contributed by atoms with van der Waals surface area (Å²) >= 11 is 0. The molecule has 1 amide bonds. The van der Waals surface area contributed by atoms with E-state index < -0.39 is 0 Å². The second-order valence-electron chi connectivity index (χ2n) is 5.84. The lowest BCUT2D eigenvalue weighted by atomic mass is 9.65. The van der Waals surface area contributed by atoms with E-state index in [0.29, 0.717) is 6.42 Å². The van der Waals surface area contributed by atoms with Crippen molar-refractivity contribution in [3.8, 4) is 0 Å². The lowest BCUT2D eigenvalue weighted by Gasteiger charge is -2.40. The minimum Gasteiger partial charge on any atom is -0.350 e. The summed E-state index contributed by atoms with van der Waals surface area (Å²) in [5.74, 6) is 0.168. The van der Waals surface area contributed by atoms with Crippen LogP contribution >= 0.6 is 0 Å². The third kappa shape index (κ3) is 1.84. The van der Waals surface area contributed by atoms with Crippen molar-refractivity contribution in [2.24, 2.45) is 0 Å². The Morgan fingerprint density at radius 1 is 1.17 bits per heavy atom.